The molecule has 0 amide bonds. The third-order valence-corrected chi connectivity index (χ3v) is 8.20. The Balaban J connectivity index is 1.11. The van der Waals surface area contributed by atoms with Crippen LogP contribution < -0.4 is 9.64 Å². The quantitative estimate of drug-likeness (QED) is 0.220. The van der Waals surface area contributed by atoms with E-state index in [0.717, 1.165) is 50.5 Å². The van der Waals surface area contributed by atoms with Crippen LogP contribution in [0, 0.1) is 0 Å². The summed E-state index contributed by atoms with van der Waals surface area (Å²) in [5, 5.41) is 3.40. The Labute approximate surface area is 241 Å². The van der Waals surface area contributed by atoms with Gasteiger partial charge < -0.3 is 9.64 Å². The lowest BCUT2D eigenvalue weighted by atomic mass is 10.0. The Morgan fingerprint density at radius 2 is 1.17 bits per heavy atom. The number of ether oxygens (including phenoxy) is 1. The summed E-state index contributed by atoms with van der Waals surface area (Å²) < 4.78 is 10.9. The van der Waals surface area contributed by atoms with E-state index in [1.54, 1.807) is 0 Å². The Morgan fingerprint density at radius 1 is 0.512 bits per heavy atom. The van der Waals surface area contributed by atoms with Gasteiger partial charge in [-0.25, -0.2) is 4.98 Å². The third kappa shape index (κ3) is 4.24. The van der Waals surface area contributed by atoms with Crippen LogP contribution in [0.3, 0.4) is 0 Å². The third-order valence-electron chi connectivity index (χ3n) is 7.44. The number of para-hydroxylation sites is 4. The van der Waals surface area contributed by atoms with Gasteiger partial charge in [-0.05, 0) is 75.9 Å². The van der Waals surface area contributed by atoms with Crippen LogP contribution >= 0.6 is 11.5 Å². The standard InChI is InChI=1S/C36H23N3OS/c1-2-9-27-22-28(21-18-24(27)8-1)25-16-19-26(20-17-25)36-37-35(38-41-36)29-10-7-11-30(23-29)39-31-12-3-5-14-33(31)40-34-15-6-4-13-32(34)39/h1-23H. The van der Waals surface area contributed by atoms with Crippen LogP contribution in [0.4, 0.5) is 17.1 Å². The van der Waals surface area contributed by atoms with Crippen LogP contribution in [-0.2, 0) is 0 Å². The number of benzene rings is 6. The van der Waals surface area contributed by atoms with E-state index >= 15 is 0 Å². The summed E-state index contributed by atoms with van der Waals surface area (Å²) in [4.78, 5) is 7.17. The number of aromatic nitrogens is 2. The van der Waals surface area contributed by atoms with Crippen LogP contribution in [0.1, 0.15) is 0 Å². The van der Waals surface area contributed by atoms with Crippen molar-refractivity contribution in [3.63, 3.8) is 0 Å². The maximum absolute atomic E-state index is 6.19. The van der Waals surface area contributed by atoms with Crippen LogP contribution in [0.5, 0.6) is 11.5 Å². The molecular formula is C36H23N3OS. The molecule has 41 heavy (non-hydrogen) atoms. The van der Waals surface area contributed by atoms with Gasteiger partial charge in [0.2, 0.25) is 0 Å². The first-order chi connectivity index (χ1) is 20.3. The smallest absolute Gasteiger partial charge is 0.173 e. The summed E-state index contributed by atoms with van der Waals surface area (Å²) in [6.45, 7) is 0. The minimum Gasteiger partial charge on any atom is -0.453 e. The van der Waals surface area contributed by atoms with E-state index in [4.69, 9.17) is 14.1 Å². The van der Waals surface area contributed by atoms with E-state index in [1.807, 2.05) is 36.4 Å². The number of fused-ring (bicyclic) bond motifs is 3. The zero-order valence-corrected chi connectivity index (χ0v) is 22.8. The average molecular weight is 546 g/mol. The van der Waals surface area contributed by atoms with Gasteiger partial charge in [0, 0.05) is 16.8 Å². The highest BCUT2D eigenvalue weighted by Gasteiger charge is 2.25. The van der Waals surface area contributed by atoms with Gasteiger partial charge in [0.1, 0.15) is 5.01 Å². The molecule has 0 aliphatic carbocycles. The average Bonchev–Trinajstić information content (AvgIpc) is 3.54. The summed E-state index contributed by atoms with van der Waals surface area (Å²) in [5.41, 5.74) is 7.45. The van der Waals surface area contributed by atoms with Gasteiger partial charge in [0.25, 0.3) is 0 Å². The molecule has 1 aliphatic heterocycles. The molecule has 0 radical (unpaired) electrons. The lowest BCUT2D eigenvalue weighted by Gasteiger charge is -2.32. The Kier molecular flexibility index (Phi) is 5.61. The number of rotatable bonds is 4. The van der Waals surface area contributed by atoms with Crippen molar-refractivity contribution in [2.45, 2.75) is 0 Å². The van der Waals surface area contributed by atoms with Crippen molar-refractivity contribution in [1.29, 1.82) is 0 Å². The molecule has 6 aromatic carbocycles. The van der Waals surface area contributed by atoms with Gasteiger partial charge in [0.15, 0.2) is 17.3 Å². The topological polar surface area (TPSA) is 38.2 Å². The highest BCUT2D eigenvalue weighted by Crippen LogP contribution is 2.50. The van der Waals surface area contributed by atoms with Gasteiger partial charge in [-0.2, -0.15) is 4.37 Å². The molecule has 1 aromatic heterocycles. The molecule has 4 nitrogen and oxygen atoms in total. The lowest BCUT2D eigenvalue weighted by Crippen LogP contribution is -2.15. The predicted octanol–water partition coefficient (Wildman–Crippen LogP) is 10.3. The molecule has 7 aromatic rings. The number of anilines is 3. The number of nitrogens with zero attached hydrogens (tertiary/aromatic N) is 3. The largest absolute Gasteiger partial charge is 0.453 e. The molecule has 194 valence electrons. The summed E-state index contributed by atoms with van der Waals surface area (Å²) in [6.07, 6.45) is 0. The summed E-state index contributed by atoms with van der Waals surface area (Å²) in [5.74, 6) is 2.39. The summed E-state index contributed by atoms with van der Waals surface area (Å²) in [7, 11) is 0. The molecule has 2 heterocycles. The van der Waals surface area contributed by atoms with Gasteiger partial charge in [0.05, 0.1) is 11.4 Å². The number of hydrogen-bond donors (Lipinski definition) is 0. The van der Waals surface area contributed by atoms with Crippen LogP contribution in [0.15, 0.2) is 140 Å². The van der Waals surface area contributed by atoms with Crippen LogP contribution in [0.2, 0.25) is 0 Å². The van der Waals surface area contributed by atoms with E-state index in [0.29, 0.717) is 0 Å². The normalized spacial score (nSPS) is 12.0. The number of hydrogen-bond acceptors (Lipinski definition) is 5. The first kappa shape index (κ1) is 23.6. The van der Waals surface area contributed by atoms with E-state index < -0.39 is 0 Å². The first-order valence-electron chi connectivity index (χ1n) is 13.5. The second-order valence-corrected chi connectivity index (χ2v) is 10.7. The van der Waals surface area contributed by atoms with Gasteiger partial charge >= 0.3 is 0 Å². The predicted molar refractivity (Wildman–Crippen MR) is 168 cm³/mol. The maximum atomic E-state index is 6.19. The molecule has 0 fully saturated rings. The van der Waals surface area contributed by atoms with Crippen molar-refractivity contribution < 1.29 is 4.74 Å². The van der Waals surface area contributed by atoms with Crippen molar-refractivity contribution in [2.75, 3.05) is 4.90 Å². The molecule has 0 saturated carbocycles. The highest BCUT2D eigenvalue weighted by atomic mass is 32.1. The fraction of sp³-hybridized carbons (Fsp3) is 0. The SMILES string of the molecule is c1cc(-c2nsc(-c3ccc(-c4ccc5ccccc5c4)cc3)n2)cc(N2c3ccccc3Oc3ccccc32)c1. The fourth-order valence-corrected chi connectivity index (χ4v) is 6.09. The second kappa shape index (κ2) is 9.73. The molecule has 5 heteroatoms. The van der Waals surface area contributed by atoms with E-state index in [2.05, 4.69) is 108 Å². The molecule has 0 spiro atoms. The minimum atomic E-state index is 0.722. The second-order valence-electron chi connectivity index (χ2n) is 9.99. The van der Waals surface area contributed by atoms with Gasteiger partial charge in [-0.1, -0.05) is 97.1 Å². The zero-order valence-electron chi connectivity index (χ0n) is 21.9. The highest BCUT2D eigenvalue weighted by molar-refractivity contribution is 7.09. The summed E-state index contributed by atoms with van der Waals surface area (Å²) >= 11 is 1.42. The van der Waals surface area contributed by atoms with Gasteiger partial charge in [-0.3, -0.25) is 0 Å². The molecule has 0 saturated heterocycles. The Bertz CT molecular complexity index is 2000. The summed E-state index contributed by atoms with van der Waals surface area (Å²) in [6, 6.07) is 48.2. The first-order valence-corrected chi connectivity index (χ1v) is 14.3. The molecule has 1 aliphatic rings. The van der Waals surface area contributed by atoms with Crippen molar-refractivity contribution in [2.24, 2.45) is 0 Å². The molecular weight excluding hydrogens is 522 g/mol. The Hall–Kier alpha value is -5.26. The van der Waals surface area contributed by atoms with Gasteiger partial charge in [-0.15, -0.1) is 0 Å². The zero-order chi connectivity index (χ0) is 27.2. The molecule has 0 unspecified atom stereocenters. The monoisotopic (exact) mass is 545 g/mol. The van der Waals surface area contributed by atoms with E-state index in [9.17, 15) is 0 Å². The molecule has 0 N–H and O–H groups in total. The van der Waals surface area contributed by atoms with Crippen LogP contribution in [-0.4, -0.2) is 9.36 Å². The maximum Gasteiger partial charge on any atom is 0.173 e. The van der Waals surface area contributed by atoms with E-state index in [1.165, 1.54) is 33.4 Å². The molecule has 8 rings (SSSR count). The minimum absolute atomic E-state index is 0.722. The van der Waals surface area contributed by atoms with Crippen LogP contribution in [0.25, 0.3) is 43.9 Å². The fourth-order valence-electron chi connectivity index (χ4n) is 5.40. The van der Waals surface area contributed by atoms with Crippen molar-refractivity contribution >= 4 is 39.4 Å². The van der Waals surface area contributed by atoms with Crippen molar-refractivity contribution in [3.8, 4) is 44.6 Å². The van der Waals surface area contributed by atoms with Crippen molar-refractivity contribution in [3.05, 3.63) is 140 Å². The molecule has 0 atom stereocenters. The lowest BCUT2D eigenvalue weighted by molar-refractivity contribution is 0.477. The molecule has 0 bridgehead atoms. The van der Waals surface area contributed by atoms with Crippen molar-refractivity contribution in [1.82, 2.24) is 9.36 Å². The Morgan fingerprint density at radius 3 is 1.95 bits per heavy atom. The van der Waals surface area contributed by atoms with E-state index in [-0.39, 0.29) is 0 Å².